The molecule has 0 aliphatic rings. The van der Waals surface area contributed by atoms with Gasteiger partial charge in [-0.1, -0.05) is 71.9 Å². The Hall–Kier alpha value is -2.92. The molecule has 1 heterocycles. The molecule has 0 fully saturated rings. The number of para-hydroxylation sites is 1. The van der Waals surface area contributed by atoms with E-state index in [1.165, 1.54) is 17.8 Å². The van der Waals surface area contributed by atoms with Gasteiger partial charge in [-0.25, -0.2) is 4.39 Å². The fraction of sp³-hybridized carbons (Fsp3) is 0.0909. The van der Waals surface area contributed by atoms with E-state index in [1.54, 1.807) is 12.1 Å². The maximum atomic E-state index is 14.0. The molecular formula is C22H18FN3S. The third-order valence-electron chi connectivity index (χ3n) is 4.24. The van der Waals surface area contributed by atoms with Crippen LogP contribution in [0.15, 0.2) is 84.0 Å². The van der Waals surface area contributed by atoms with Crippen molar-refractivity contribution in [1.29, 1.82) is 0 Å². The summed E-state index contributed by atoms with van der Waals surface area (Å²) in [6.07, 6.45) is 0. The van der Waals surface area contributed by atoms with E-state index in [0.29, 0.717) is 11.3 Å². The van der Waals surface area contributed by atoms with Gasteiger partial charge < -0.3 is 0 Å². The van der Waals surface area contributed by atoms with Crippen molar-refractivity contribution in [2.24, 2.45) is 0 Å². The topological polar surface area (TPSA) is 30.7 Å². The van der Waals surface area contributed by atoms with Crippen LogP contribution in [0.2, 0.25) is 0 Å². The van der Waals surface area contributed by atoms with Gasteiger partial charge in [0.1, 0.15) is 5.82 Å². The van der Waals surface area contributed by atoms with Gasteiger partial charge in [-0.15, -0.1) is 10.2 Å². The number of nitrogens with zero attached hydrogens (tertiary/aromatic N) is 3. The molecule has 0 radical (unpaired) electrons. The first kappa shape index (κ1) is 17.5. The zero-order valence-electron chi connectivity index (χ0n) is 14.8. The molecule has 0 atom stereocenters. The molecule has 3 nitrogen and oxygen atoms in total. The van der Waals surface area contributed by atoms with Crippen LogP contribution in [0.5, 0.6) is 0 Å². The van der Waals surface area contributed by atoms with Crippen molar-refractivity contribution in [1.82, 2.24) is 14.8 Å². The van der Waals surface area contributed by atoms with Crippen molar-refractivity contribution in [3.8, 4) is 17.1 Å². The van der Waals surface area contributed by atoms with Gasteiger partial charge in [0.05, 0.1) is 0 Å². The van der Waals surface area contributed by atoms with E-state index in [2.05, 4.69) is 29.3 Å². The third-order valence-corrected chi connectivity index (χ3v) is 5.22. The molecule has 0 amide bonds. The van der Waals surface area contributed by atoms with Crippen molar-refractivity contribution in [2.45, 2.75) is 17.8 Å². The van der Waals surface area contributed by atoms with E-state index >= 15 is 0 Å². The molecule has 0 aliphatic carbocycles. The number of aromatic nitrogens is 3. The minimum absolute atomic E-state index is 0.199. The zero-order chi connectivity index (χ0) is 18.6. The quantitative estimate of drug-likeness (QED) is 0.421. The molecule has 4 aromatic rings. The average molecular weight is 375 g/mol. The molecular weight excluding hydrogens is 357 g/mol. The molecule has 0 unspecified atom stereocenters. The Kier molecular flexibility index (Phi) is 5.03. The average Bonchev–Trinajstić information content (AvgIpc) is 3.12. The summed E-state index contributed by atoms with van der Waals surface area (Å²) in [6.45, 7) is 2.06. The predicted octanol–water partition coefficient (Wildman–Crippen LogP) is 5.67. The van der Waals surface area contributed by atoms with Crippen LogP contribution in [0.25, 0.3) is 17.1 Å². The van der Waals surface area contributed by atoms with Crippen LogP contribution in [0, 0.1) is 12.7 Å². The molecule has 0 saturated heterocycles. The van der Waals surface area contributed by atoms with Gasteiger partial charge in [-0.3, -0.25) is 4.57 Å². The molecule has 0 bridgehead atoms. The molecule has 0 spiro atoms. The monoisotopic (exact) mass is 375 g/mol. The van der Waals surface area contributed by atoms with Gasteiger partial charge in [-0.05, 0) is 36.8 Å². The number of hydrogen-bond acceptors (Lipinski definition) is 3. The van der Waals surface area contributed by atoms with E-state index in [1.807, 2.05) is 53.1 Å². The summed E-state index contributed by atoms with van der Waals surface area (Å²) >= 11 is 1.48. The van der Waals surface area contributed by atoms with Gasteiger partial charge in [0.25, 0.3) is 0 Å². The van der Waals surface area contributed by atoms with Gasteiger partial charge in [0.2, 0.25) is 0 Å². The molecule has 3 aromatic carbocycles. The normalized spacial score (nSPS) is 10.9. The number of halogens is 1. The Morgan fingerprint density at radius 2 is 1.67 bits per heavy atom. The van der Waals surface area contributed by atoms with E-state index in [0.717, 1.165) is 27.8 Å². The Morgan fingerprint density at radius 3 is 2.44 bits per heavy atom. The van der Waals surface area contributed by atoms with Crippen LogP contribution >= 0.6 is 11.8 Å². The highest BCUT2D eigenvalue weighted by atomic mass is 32.2. The van der Waals surface area contributed by atoms with Crippen LogP contribution in [0.4, 0.5) is 4.39 Å². The third kappa shape index (κ3) is 3.78. The minimum Gasteiger partial charge on any atom is -0.270 e. The summed E-state index contributed by atoms with van der Waals surface area (Å²) in [7, 11) is 0. The standard InChI is InChI=1S/C22H18FN3S/c1-16-8-7-10-17(14-16)21-24-25-22(26(21)19-11-3-2-4-12-19)27-15-18-9-5-6-13-20(18)23/h2-14H,15H2,1H3. The molecule has 27 heavy (non-hydrogen) atoms. The largest absolute Gasteiger partial charge is 0.270 e. The van der Waals surface area contributed by atoms with Gasteiger partial charge in [-0.2, -0.15) is 0 Å². The molecule has 0 saturated carbocycles. The Bertz CT molecular complexity index is 1060. The summed E-state index contributed by atoms with van der Waals surface area (Å²) in [6, 6.07) is 25.0. The summed E-state index contributed by atoms with van der Waals surface area (Å²) in [5.74, 6) is 1.07. The van der Waals surface area contributed by atoms with Crippen LogP contribution in [0.1, 0.15) is 11.1 Å². The highest BCUT2D eigenvalue weighted by molar-refractivity contribution is 7.98. The molecule has 0 aliphatic heterocycles. The highest BCUT2D eigenvalue weighted by Gasteiger charge is 2.16. The Morgan fingerprint density at radius 1 is 0.889 bits per heavy atom. The van der Waals surface area contributed by atoms with Crippen LogP contribution < -0.4 is 0 Å². The maximum absolute atomic E-state index is 14.0. The second-order valence-electron chi connectivity index (χ2n) is 6.23. The van der Waals surface area contributed by atoms with Gasteiger partial charge in [0, 0.05) is 17.0 Å². The van der Waals surface area contributed by atoms with E-state index in [4.69, 9.17) is 0 Å². The summed E-state index contributed by atoms with van der Waals surface area (Å²) in [5.41, 5.74) is 3.80. The first-order valence-electron chi connectivity index (χ1n) is 8.66. The lowest BCUT2D eigenvalue weighted by Crippen LogP contribution is -2.00. The number of benzene rings is 3. The summed E-state index contributed by atoms with van der Waals surface area (Å²) in [5, 5.41) is 9.57. The number of rotatable bonds is 5. The van der Waals surface area contributed by atoms with Crippen LogP contribution in [-0.4, -0.2) is 14.8 Å². The first-order chi connectivity index (χ1) is 13.2. The fourth-order valence-corrected chi connectivity index (χ4v) is 3.84. The lowest BCUT2D eigenvalue weighted by molar-refractivity contribution is 0.617. The number of hydrogen-bond donors (Lipinski definition) is 0. The second kappa shape index (κ2) is 7.76. The number of thioether (sulfide) groups is 1. The highest BCUT2D eigenvalue weighted by Crippen LogP contribution is 2.30. The fourth-order valence-electron chi connectivity index (χ4n) is 2.90. The van der Waals surface area contributed by atoms with Crippen molar-refractivity contribution < 1.29 is 4.39 Å². The lowest BCUT2D eigenvalue weighted by Gasteiger charge is -2.11. The molecule has 134 valence electrons. The summed E-state index contributed by atoms with van der Waals surface area (Å²) in [4.78, 5) is 0. The minimum atomic E-state index is -0.199. The van der Waals surface area contributed by atoms with Gasteiger partial charge >= 0.3 is 0 Å². The molecule has 5 heteroatoms. The van der Waals surface area contributed by atoms with Crippen molar-refractivity contribution in [3.63, 3.8) is 0 Å². The smallest absolute Gasteiger partial charge is 0.196 e. The Balaban J connectivity index is 1.75. The van der Waals surface area contributed by atoms with Crippen molar-refractivity contribution in [2.75, 3.05) is 0 Å². The SMILES string of the molecule is Cc1cccc(-c2nnc(SCc3ccccc3F)n2-c2ccccc2)c1. The molecule has 0 N–H and O–H groups in total. The molecule has 4 rings (SSSR count). The predicted molar refractivity (Wildman–Crippen MR) is 107 cm³/mol. The van der Waals surface area contributed by atoms with E-state index < -0.39 is 0 Å². The van der Waals surface area contributed by atoms with Crippen molar-refractivity contribution in [3.05, 3.63) is 95.8 Å². The second-order valence-corrected chi connectivity index (χ2v) is 7.17. The number of aryl methyl sites for hydroxylation is 1. The van der Waals surface area contributed by atoms with Crippen LogP contribution in [-0.2, 0) is 5.75 Å². The van der Waals surface area contributed by atoms with E-state index in [-0.39, 0.29) is 5.82 Å². The van der Waals surface area contributed by atoms with Crippen molar-refractivity contribution >= 4 is 11.8 Å². The lowest BCUT2D eigenvalue weighted by atomic mass is 10.1. The first-order valence-corrected chi connectivity index (χ1v) is 9.65. The van der Waals surface area contributed by atoms with Crippen LogP contribution in [0.3, 0.4) is 0 Å². The zero-order valence-corrected chi connectivity index (χ0v) is 15.7. The van der Waals surface area contributed by atoms with Gasteiger partial charge in [0.15, 0.2) is 11.0 Å². The maximum Gasteiger partial charge on any atom is 0.196 e. The Labute approximate surface area is 161 Å². The molecule has 1 aromatic heterocycles. The summed E-state index contributed by atoms with van der Waals surface area (Å²) < 4.78 is 16.0. The van der Waals surface area contributed by atoms with E-state index in [9.17, 15) is 4.39 Å².